The van der Waals surface area contributed by atoms with E-state index >= 15 is 0 Å². The van der Waals surface area contributed by atoms with Gasteiger partial charge in [0.05, 0.1) is 9.89 Å². The number of nitrogens with one attached hydrogen (secondary N) is 1. The highest BCUT2D eigenvalue weighted by molar-refractivity contribution is 9.11. The first-order chi connectivity index (χ1) is 6.09. The molecule has 0 aromatic carbocycles. The summed E-state index contributed by atoms with van der Waals surface area (Å²) in [4.78, 5) is 1.24. The highest BCUT2D eigenvalue weighted by Crippen LogP contribution is 2.30. The molecule has 0 aliphatic carbocycles. The lowest BCUT2D eigenvalue weighted by Gasteiger charge is -2.05. The largest absolute Gasteiger partial charge is 0.392 e. The molecule has 1 atom stereocenters. The Kier molecular flexibility index (Phi) is 4.89. The fraction of sp³-hybridized carbons (Fsp3) is 0.500. The predicted octanol–water partition coefficient (Wildman–Crippen LogP) is 2.74. The topological polar surface area (TPSA) is 32.3 Å². The van der Waals surface area contributed by atoms with Crippen LogP contribution in [0.25, 0.3) is 0 Å². The van der Waals surface area contributed by atoms with Crippen LogP contribution in [0.1, 0.15) is 11.8 Å². The first-order valence-electron chi connectivity index (χ1n) is 3.92. The van der Waals surface area contributed by atoms with E-state index in [2.05, 4.69) is 37.2 Å². The zero-order valence-electron chi connectivity index (χ0n) is 7.18. The molecule has 0 spiro atoms. The van der Waals surface area contributed by atoms with E-state index in [0.29, 0.717) is 6.54 Å². The summed E-state index contributed by atoms with van der Waals surface area (Å²) in [6.07, 6.45) is -0.290. The van der Waals surface area contributed by atoms with Gasteiger partial charge in [0.2, 0.25) is 0 Å². The summed E-state index contributed by atoms with van der Waals surface area (Å²) in [5.74, 6) is 0. The Morgan fingerprint density at radius 3 is 2.77 bits per heavy atom. The van der Waals surface area contributed by atoms with E-state index in [9.17, 15) is 0 Å². The summed E-state index contributed by atoms with van der Waals surface area (Å²) in [6, 6.07) is 2.03. The number of thiophene rings is 1. The zero-order chi connectivity index (χ0) is 9.84. The number of rotatable bonds is 4. The maximum atomic E-state index is 9.02. The first kappa shape index (κ1) is 11.7. The van der Waals surface area contributed by atoms with E-state index in [1.807, 2.05) is 6.07 Å². The van der Waals surface area contributed by atoms with Crippen molar-refractivity contribution >= 4 is 43.2 Å². The SMILES string of the molecule is C[C@@H](O)CNCc1sc(Br)cc1Br. The minimum Gasteiger partial charge on any atom is -0.392 e. The van der Waals surface area contributed by atoms with E-state index in [-0.39, 0.29) is 6.10 Å². The van der Waals surface area contributed by atoms with Crippen LogP contribution in [0.15, 0.2) is 14.3 Å². The van der Waals surface area contributed by atoms with Gasteiger partial charge in [-0.15, -0.1) is 11.3 Å². The zero-order valence-corrected chi connectivity index (χ0v) is 11.2. The van der Waals surface area contributed by atoms with Crippen LogP contribution in [0.3, 0.4) is 0 Å². The molecule has 13 heavy (non-hydrogen) atoms. The van der Waals surface area contributed by atoms with Gasteiger partial charge in [-0.3, -0.25) is 0 Å². The molecular formula is C8H11Br2NOS. The molecule has 1 rings (SSSR count). The van der Waals surface area contributed by atoms with Crippen LogP contribution < -0.4 is 5.32 Å². The second-order valence-corrected chi connectivity index (χ2v) is 6.17. The molecule has 0 radical (unpaired) electrons. The van der Waals surface area contributed by atoms with E-state index in [0.717, 1.165) is 14.8 Å². The third-order valence-electron chi connectivity index (χ3n) is 1.45. The third kappa shape index (κ3) is 4.08. The van der Waals surface area contributed by atoms with Crippen molar-refractivity contribution in [2.45, 2.75) is 19.6 Å². The maximum Gasteiger partial charge on any atom is 0.0713 e. The molecule has 2 nitrogen and oxygen atoms in total. The van der Waals surface area contributed by atoms with Crippen LogP contribution in [0.5, 0.6) is 0 Å². The fourth-order valence-corrected chi connectivity index (χ4v) is 3.52. The van der Waals surface area contributed by atoms with Gasteiger partial charge in [-0.25, -0.2) is 0 Å². The molecule has 1 aromatic heterocycles. The second kappa shape index (κ2) is 5.46. The monoisotopic (exact) mass is 327 g/mol. The smallest absolute Gasteiger partial charge is 0.0713 e. The van der Waals surface area contributed by atoms with Gasteiger partial charge in [-0.05, 0) is 44.8 Å². The summed E-state index contributed by atoms with van der Waals surface area (Å²) in [5.41, 5.74) is 0. The lowest BCUT2D eigenvalue weighted by atomic mass is 10.4. The third-order valence-corrected chi connectivity index (χ3v) is 4.06. The van der Waals surface area contributed by atoms with Crippen molar-refractivity contribution in [1.29, 1.82) is 0 Å². The van der Waals surface area contributed by atoms with Crippen LogP contribution in [0.4, 0.5) is 0 Å². The summed E-state index contributed by atoms with van der Waals surface area (Å²) >= 11 is 8.57. The Morgan fingerprint density at radius 2 is 2.31 bits per heavy atom. The van der Waals surface area contributed by atoms with Crippen molar-refractivity contribution in [2.24, 2.45) is 0 Å². The molecule has 0 saturated heterocycles. The fourth-order valence-electron chi connectivity index (χ4n) is 0.891. The average molecular weight is 329 g/mol. The van der Waals surface area contributed by atoms with Gasteiger partial charge in [0.1, 0.15) is 0 Å². The minimum atomic E-state index is -0.290. The summed E-state index contributed by atoms with van der Waals surface area (Å²) in [6.45, 7) is 3.19. The molecule has 1 aromatic rings. The molecule has 0 fully saturated rings. The van der Waals surface area contributed by atoms with Crippen molar-refractivity contribution in [3.63, 3.8) is 0 Å². The molecular weight excluding hydrogens is 318 g/mol. The molecule has 1 heterocycles. The van der Waals surface area contributed by atoms with E-state index < -0.39 is 0 Å². The van der Waals surface area contributed by atoms with E-state index in [4.69, 9.17) is 5.11 Å². The Balaban J connectivity index is 2.40. The van der Waals surface area contributed by atoms with Gasteiger partial charge in [0.25, 0.3) is 0 Å². The molecule has 0 aliphatic heterocycles. The number of aliphatic hydroxyl groups excluding tert-OH is 1. The number of hydrogen-bond donors (Lipinski definition) is 2. The molecule has 5 heteroatoms. The highest BCUT2D eigenvalue weighted by atomic mass is 79.9. The van der Waals surface area contributed by atoms with E-state index in [1.165, 1.54) is 4.88 Å². The van der Waals surface area contributed by atoms with Crippen molar-refractivity contribution in [1.82, 2.24) is 5.32 Å². The molecule has 0 aliphatic rings. The maximum absolute atomic E-state index is 9.02. The quantitative estimate of drug-likeness (QED) is 0.890. The van der Waals surface area contributed by atoms with Crippen molar-refractivity contribution in [2.75, 3.05) is 6.54 Å². The lowest BCUT2D eigenvalue weighted by Crippen LogP contribution is -2.23. The van der Waals surface area contributed by atoms with Gasteiger partial charge in [0, 0.05) is 22.4 Å². The van der Waals surface area contributed by atoms with Crippen LogP contribution in [-0.4, -0.2) is 17.8 Å². The summed E-state index contributed by atoms with van der Waals surface area (Å²) in [7, 11) is 0. The second-order valence-electron chi connectivity index (χ2n) is 2.80. The van der Waals surface area contributed by atoms with Crippen molar-refractivity contribution in [3.05, 3.63) is 19.2 Å². The minimum absolute atomic E-state index is 0.290. The highest BCUT2D eigenvalue weighted by Gasteiger charge is 2.04. The number of halogens is 2. The van der Waals surface area contributed by atoms with Gasteiger partial charge in [-0.2, -0.15) is 0 Å². The predicted molar refractivity (Wildman–Crippen MR) is 63.1 cm³/mol. The lowest BCUT2D eigenvalue weighted by molar-refractivity contribution is 0.191. The normalized spacial score (nSPS) is 13.2. The standard InChI is InChI=1S/C8H11Br2NOS/c1-5(12)3-11-4-7-6(9)2-8(10)13-7/h2,5,11-12H,3-4H2,1H3/t5-/m1/s1. The van der Waals surface area contributed by atoms with E-state index in [1.54, 1.807) is 18.3 Å². The Hall–Kier alpha value is 0.580. The average Bonchev–Trinajstić information content (AvgIpc) is 2.29. The molecule has 0 unspecified atom stereocenters. The van der Waals surface area contributed by atoms with Crippen LogP contribution in [0.2, 0.25) is 0 Å². The van der Waals surface area contributed by atoms with Gasteiger partial charge >= 0.3 is 0 Å². The first-order valence-corrected chi connectivity index (χ1v) is 6.32. The Bertz CT molecular complexity index is 275. The molecule has 0 bridgehead atoms. The summed E-state index contributed by atoms with van der Waals surface area (Å²) in [5, 5.41) is 12.2. The number of aliphatic hydroxyl groups is 1. The molecule has 2 N–H and O–H groups in total. The van der Waals surface area contributed by atoms with Crippen LogP contribution in [0, 0.1) is 0 Å². The Morgan fingerprint density at radius 1 is 1.62 bits per heavy atom. The van der Waals surface area contributed by atoms with Crippen LogP contribution in [-0.2, 0) is 6.54 Å². The Labute approximate surface area is 98.6 Å². The molecule has 74 valence electrons. The van der Waals surface area contributed by atoms with Crippen molar-refractivity contribution in [3.8, 4) is 0 Å². The van der Waals surface area contributed by atoms with Crippen LogP contribution >= 0.6 is 43.2 Å². The number of hydrogen-bond acceptors (Lipinski definition) is 3. The van der Waals surface area contributed by atoms with Gasteiger partial charge < -0.3 is 10.4 Å². The van der Waals surface area contributed by atoms with Gasteiger partial charge in [0.15, 0.2) is 0 Å². The molecule has 0 saturated carbocycles. The van der Waals surface area contributed by atoms with Crippen molar-refractivity contribution < 1.29 is 5.11 Å². The molecule has 0 amide bonds. The van der Waals surface area contributed by atoms with Gasteiger partial charge in [-0.1, -0.05) is 0 Å². The summed E-state index contributed by atoms with van der Waals surface area (Å²) < 4.78 is 2.23.